The van der Waals surface area contributed by atoms with Crippen molar-refractivity contribution in [1.82, 2.24) is 0 Å². The zero-order valence-corrected chi connectivity index (χ0v) is 6.96. The minimum atomic E-state index is -1.14. The van der Waals surface area contributed by atoms with Gasteiger partial charge in [0.15, 0.2) is 6.23 Å². The van der Waals surface area contributed by atoms with Crippen LogP contribution in [0.5, 0.6) is 0 Å². The third-order valence-corrected chi connectivity index (χ3v) is 1.66. The van der Waals surface area contributed by atoms with Gasteiger partial charge in [-0.15, -0.1) is 0 Å². The fourth-order valence-corrected chi connectivity index (χ4v) is 1.04. The monoisotopic (exact) mass is 175 g/mol. The lowest BCUT2D eigenvalue weighted by atomic mass is 10.1. The van der Waals surface area contributed by atoms with Gasteiger partial charge < -0.3 is 5.11 Å². The van der Waals surface area contributed by atoms with E-state index in [4.69, 9.17) is 5.53 Å². The fourth-order valence-electron chi connectivity index (χ4n) is 1.04. The Kier molecular flexibility index (Phi) is 3.09. The molecular weight excluding hydrogens is 166 g/mol. The molecule has 1 unspecified atom stereocenters. The molecule has 0 aliphatic heterocycles. The van der Waals surface area contributed by atoms with Crippen molar-refractivity contribution in [3.8, 4) is 0 Å². The van der Waals surface area contributed by atoms with E-state index in [1.54, 1.807) is 24.3 Å². The highest BCUT2D eigenvalue weighted by Crippen LogP contribution is 2.19. The summed E-state index contributed by atoms with van der Waals surface area (Å²) in [4.78, 5) is 2.53. The van der Waals surface area contributed by atoms with Crippen LogP contribution in [-0.4, -0.2) is 5.11 Å². The van der Waals surface area contributed by atoms with Gasteiger partial charge in [0, 0.05) is 4.91 Å². The van der Waals surface area contributed by atoms with Gasteiger partial charge in [-0.1, -0.05) is 42.0 Å². The molecule has 1 N–H and O–H groups in total. The third kappa shape index (κ3) is 2.08. The highest BCUT2D eigenvalue weighted by Gasteiger charge is 2.06. The Morgan fingerprint density at radius 1 is 1.54 bits per heavy atom. The standard InChI is InChI=1S/C9H9N3O/c1-2-7-5-3-4-6-8(7)9(13)11-12-10/h2-6,9,13H,1H2. The van der Waals surface area contributed by atoms with Gasteiger partial charge >= 0.3 is 0 Å². The van der Waals surface area contributed by atoms with Gasteiger partial charge in [-0.3, -0.25) is 0 Å². The number of nitrogens with zero attached hydrogens (tertiary/aromatic N) is 3. The largest absolute Gasteiger partial charge is 0.382 e. The van der Waals surface area contributed by atoms with E-state index in [0.29, 0.717) is 5.56 Å². The smallest absolute Gasteiger partial charge is 0.158 e. The molecule has 0 radical (unpaired) electrons. The molecular formula is C9H9N3O. The minimum absolute atomic E-state index is 0.565. The number of hydrogen-bond acceptors (Lipinski definition) is 2. The fraction of sp³-hybridized carbons (Fsp3) is 0.111. The van der Waals surface area contributed by atoms with Crippen LogP contribution in [-0.2, 0) is 0 Å². The van der Waals surface area contributed by atoms with Gasteiger partial charge in [0.25, 0.3) is 0 Å². The summed E-state index contributed by atoms with van der Waals surface area (Å²) in [5.41, 5.74) is 9.47. The Labute approximate surface area is 75.8 Å². The summed E-state index contributed by atoms with van der Waals surface area (Å²) < 4.78 is 0. The van der Waals surface area contributed by atoms with E-state index in [2.05, 4.69) is 16.6 Å². The Balaban J connectivity index is 3.11. The molecule has 66 valence electrons. The minimum Gasteiger partial charge on any atom is -0.382 e. The number of hydrogen-bond donors (Lipinski definition) is 1. The molecule has 13 heavy (non-hydrogen) atoms. The van der Waals surface area contributed by atoms with Gasteiger partial charge in [-0.05, 0) is 16.7 Å². The van der Waals surface area contributed by atoms with Gasteiger partial charge in [-0.25, -0.2) is 0 Å². The van der Waals surface area contributed by atoms with Crippen molar-refractivity contribution < 1.29 is 5.11 Å². The number of aliphatic hydroxyl groups is 1. The summed E-state index contributed by atoms with van der Waals surface area (Å²) in [6, 6.07) is 7.07. The van der Waals surface area contributed by atoms with Crippen molar-refractivity contribution in [2.75, 3.05) is 0 Å². The molecule has 0 saturated heterocycles. The van der Waals surface area contributed by atoms with E-state index in [0.717, 1.165) is 5.56 Å². The van der Waals surface area contributed by atoms with Crippen LogP contribution < -0.4 is 0 Å². The lowest BCUT2D eigenvalue weighted by Gasteiger charge is -2.07. The predicted molar refractivity (Wildman–Crippen MR) is 50.6 cm³/mol. The molecule has 1 aromatic carbocycles. The summed E-state index contributed by atoms with van der Waals surface area (Å²) in [7, 11) is 0. The first-order chi connectivity index (χ1) is 6.29. The van der Waals surface area contributed by atoms with E-state index in [1.807, 2.05) is 6.07 Å². The summed E-state index contributed by atoms with van der Waals surface area (Å²) in [5, 5.41) is 12.6. The quantitative estimate of drug-likeness (QED) is 0.428. The summed E-state index contributed by atoms with van der Waals surface area (Å²) in [6.45, 7) is 3.59. The van der Waals surface area contributed by atoms with E-state index < -0.39 is 6.23 Å². The van der Waals surface area contributed by atoms with Crippen molar-refractivity contribution in [3.63, 3.8) is 0 Å². The van der Waals surface area contributed by atoms with Crippen molar-refractivity contribution in [3.05, 3.63) is 52.4 Å². The maximum atomic E-state index is 9.36. The van der Waals surface area contributed by atoms with Gasteiger partial charge in [0.1, 0.15) is 0 Å². The second-order valence-corrected chi connectivity index (χ2v) is 2.41. The lowest BCUT2D eigenvalue weighted by Crippen LogP contribution is -1.94. The van der Waals surface area contributed by atoms with Crippen LogP contribution in [0.4, 0.5) is 0 Å². The van der Waals surface area contributed by atoms with Gasteiger partial charge in [-0.2, -0.15) is 0 Å². The molecule has 1 rings (SSSR count). The molecule has 0 bridgehead atoms. The average molecular weight is 175 g/mol. The van der Waals surface area contributed by atoms with Crippen LogP contribution >= 0.6 is 0 Å². The second kappa shape index (κ2) is 4.30. The maximum absolute atomic E-state index is 9.36. The number of aliphatic hydroxyl groups excluding tert-OH is 1. The molecule has 0 heterocycles. The van der Waals surface area contributed by atoms with Crippen molar-refractivity contribution in [2.45, 2.75) is 6.23 Å². The van der Waals surface area contributed by atoms with Crippen LogP contribution in [0.2, 0.25) is 0 Å². The van der Waals surface area contributed by atoms with Crippen molar-refractivity contribution in [1.29, 1.82) is 0 Å². The highest BCUT2D eigenvalue weighted by atomic mass is 16.3. The van der Waals surface area contributed by atoms with E-state index in [-0.39, 0.29) is 0 Å². The lowest BCUT2D eigenvalue weighted by molar-refractivity contribution is 0.186. The zero-order chi connectivity index (χ0) is 9.68. The molecule has 1 aromatic rings. The van der Waals surface area contributed by atoms with Crippen LogP contribution in [0.3, 0.4) is 0 Å². The van der Waals surface area contributed by atoms with E-state index in [9.17, 15) is 5.11 Å². The Bertz CT molecular complexity index is 356. The number of rotatable bonds is 3. The van der Waals surface area contributed by atoms with Crippen LogP contribution in [0, 0.1) is 0 Å². The summed E-state index contributed by atoms with van der Waals surface area (Å²) >= 11 is 0. The first kappa shape index (κ1) is 9.32. The Hall–Kier alpha value is -1.77. The molecule has 0 amide bonds. The van der Waals surface area contributed by atoms with E-state index >= 15 is 0 Å². The molecule has 1 atom stereocenters. The first-order valence-corrected chi connectivity index (χ1v) is 3.73. The zero-order valence-electron chi connectivity index (χ0n) is 6.96. The third-order valence-electron chi connectivity index (χ3n) is 1.66. The topological polar surface area (TPSA) is 69.0 Å². The van der Waals surface area contributed by atoms with Crippen LogP contribution in [0.25, 0.3) is 16.5 Å². The van der Waals surface area contributed by atoms with E-state index in [1.165, 1.54) is 0 Å². The van der Waals surface area contributed by atoms with Gasteiger partial charge in [0.05, 0.1) is 0 Å². The Morgan fingerprint density at radius 2 is 2.23 bits per heavy atom. The van der Waals surface area contributed by atoms with Crippen LogP contribution in [0.15, 0.2) is 36.0 Å². The highest BCUT2D eigenvalue weighted by molar-refractivity contribution is 5.52. The molecule has 0 aromatic heterocycles. The normalized spacial score (nSPS) is 11.5. The molecule has 0 fully saturated rings. The summed E-state index contributed by atoms with van der Waals surface area (Å²) in [5.74, 6) is 0. The molecule has 0 aliphatic rings. The van der Waals surface area contributed by atoms with Gasteiger partial charge in [0.2, 0.25) is 0 Å². The second-order valence-electron chi connectivity index (χ2n) is 2.41. The molecule has 4 heteroatoms. The van der Waals surface area contributed by atoms with Crippen molar-refractivity contribution in [2.24, 2.45) is 5.11 Å². The molecule has 0 spiro atoms. The van der Waals surface area contributed by atoms with Crippen LogP contribution in [0.1, 0.15) is 17.4 Å². The first-order valence-electron chi connectivity index (χ1n) is 3.73. The summed E-state index contributed by atoms with van der Waals surface area (Å²) in [6.07, 6.45) is 0.463. The number of azide groups is 1. The molecule has 0 aliphatic carbocycles. The Morgan fingerprint density at radius 3 is 2.85 bits per heavy atom. The maximum Gasteiger partial charge on any atom is 0.158 e. The number of benzene rings is 1. The van der Waals surface area contributed by atoms with Crippen molar-refractivity contribution >= 4 is 6.08 Å². The molecule has 4 nitrogen and oxygen atoms in total. The predicted octanol–water partition coefficient (Wildman–Crippen LogP) is 2.63. The SMILES string of the molecule is C=Cc1ccccc1C(O)N=[N+]=[N-]. The molecule has 0 saturated carbocycles. The average Bonchev–Trinajstić information content (AvgIpc) is 2.18.